The van der Waals surface area contributed by atoms with Gasteiger partial charge in [-0.3, -0.25) is 19.6 Å². The molecule has 0 bridgehead atoms. The van der Waals surface area contributed by atoms with Gasteiger partial charge in [0.25, 0.3) is 0 Å². The molecule has 0 aliphatic rings. The van der Waals surface area contributed by atoms with Crippen molar-refractivity contribution in [3.05, 3.63) is 0 Å². The predicted molar refractivity (Wildman–Crippen MR) is 118 cm³/mol. The van der Waals surface area contributed by atoms with E-state index in [1.54, 1.807) is 0 Å². The standard InChI is InChI=1S/C22H50N4/c1-10-15-16-17-18-19-20-21(23(6)11-2)22(24(7)12-3,25(8)13-4)26(9)14-5/h21H,10-20H2,1-9H3. The third-order valence-electron chi connectivity index (χ3n) is 6.42. The van der Waals surface area contributed by atoms with Crippen molar-refractivity contribution in [2.45, 2.75) is 91.4 Å². The molecular formula is C22H50N4. The number of hydrogen-bond acceptors (Lipinski definition) is 4. The van der Waals surface area contributed by atoms with Crippen molar-refractivity contribution in [3.8, 4) is 0 Å². The summed E-state index contributed by atoms with van der Waals surface area (Å²) < 4.78 is 0. The maximum absolute atomic E-state index is 2.58. The number of rotatable bonds is 16. The van der Waals surface area contributed by atoms with Crippen LogP contribution in [-0.2, 0) is 0 Å². The maximum atomic E-state index is 2.58. The van der Waals surface area contributed by atoms with E-state index in [1.165, 1.54) is 44.9 Å². The first kappa shape index (κ1) is 25.8. The predicted octanol–water partition coefficient (Wildman–Crippen LogP) is 4.57. The summed E-state index contributed by atoms with van der Waals surface area (Å²) in [5.74, 6) is -0.0631. The van der Waals surface area contributed by atoms with Crippen LogP contribution in [0.1, 0.15) is 79.6 Å². The normalized spacial score (nSPS) is 14.2. The molecule has 4 nitrogen and oxygen atoms in total. The van der Waals surface area contributed by atoms with Gasteiger partial charge in [0.1, 0.15) is 5.79 Å². The lowest BCUT2D eigenvalue weighted by atomic mass is 9.95. The third-order valence-corrected chi connectivity index (χ3v) is 6.42. The Balaban J connectivity index is 5.57. The van der Waals surface area contributed by atoms with Gasteiger partial charge in [-0.25, -0.2) is 0 Å². The second kappa shape index (κ2) is 13.9. The molecule has 0 N–H and O–H groups in total. The molecular weight excluding hydrogens is 320 g/mol. The second-order valence-corrected chi connectivity index (χ2v) is 7.88. The first-order valence-corrected chi connectivity index (χ1v) is 11.2. The van der Waals surface area contributed by atoms with Crippen LogP contribution in [0.2, 0.25) is 0 Å². The molecule has 1 unspecified atom stereocenters. The van der Waals surface area contributed by atoms with E-state index >= 15 is 0 Å². The third kappa shape index (κ3) is 6.47. The maximum Gasteiger partial charge on any atom is 0.146 e. The van der Waals surface area contributed by atoms with Crippen molar-refractivity contribution >= 4 is 0 Å². The number of likely N-dealkylation sites (N-methyl/N-ethyl adjacent to an activating group) is 4. The van der Waals surface area contributed by atoms with Crippen molar-refractivity contribution in [3.63, 3.8) is 0 Å². The van der Waals surface area contributed by atoms with Gasteiger partial charge in [-0.05, 0) is 60.8 Å². The Hall–Kier alpha value is -0.160. The SMILES string of the molecule is CCCCCCCCC(N(C)CC)C(N(C)CC)(N(C)CC)N(C)CC. The Bertz CT molecular complexity index is 308. The molecule has 0 aliphatic carbocycles. The molecule has 0 amide bonds. The van der Waals surface area contributed by atoms with Gasteiger partial charge < -0.3 is 0 Å². The molecule has 0 fully saturated rings. The highest BCUT2D eigenvalue weighted by Crippen LogP contribution is 2.32. The number of unbranched alkanes of at least 4 members (excludes halogenated alkanes) is 5. The van der Waals surface area contributed by atoms with Gasteiger partial charge >= 0.3 is 0 Å². The van der Waals surface area contributed by atoms with Crippen LogP contribution in [0.3, 0.4) is 0 Å². The zero-order valence-corrected chi connectivity index (χ0v) is 19.6. The van der Waals surface area contributed by atoms with E-state index in [4.69, 9.17) is 0 Å². The van der Waals surface area contributed by atoms with Gasteiger partial charge in [-0.2, -0.15) is 0 Å². The molecule has 0 aromatic heterocycles. The molecule has 0 aliphatic heterocycles. The zero-order chi connectivity index (χ0) is 20.2. The molecule has 0 aromatic rings. The molecule has 0 spiro atoms. The van der Waals surface area contributed by atoms with Crippen LogP contribution < -0.4 is 0 Å². The van der Waals surface area contributed by atoms with E-state index in [9.17, 15) is 0 Å². The highest BCUT2D eigenvalue weighted by molar-refractivity contribution is 4.97. The lowest BCUT2D eigenvalue weighted by Crippen LogP contribution is -2.75. The molecule has 0 saturated heterocycles. The average Bonchev–Trinajstić information content (AvgIpc) is 2.67. The Morgan fingerprint density at radius 3 is 1.38 bits per heavy atom. The molecule has 158 valence electrons. The van der Waals surface area contributed by atoms with Crippen molar-refractivity contribution in [2.75, 3.05) is 54.4 Å². The lowest BCUT2D eigenvalue weighted by molar-refractivity contribution is -0.181. The zero-order valence-electron chi connectivity index (χ0n) is 19.6. The van der Waals surface area contributed by atoms with Crippen molar-refractivity contribution < 1.29 is 0 Å². The van der Waals surface area contributed by atoms with E-state index in [-0.39, 0.29) is 5.79 Å². The van der Waals surface area contributed by atoms with Gasteiger partial charge in [0, 0.05) is 0 Å². The topological polar surface area (TPSA) is 13.0 Å². The summed E-state index contributed by atoms with van der Waals surface area (Å²) in [6.07, 6.45) is 9.45. The summed E-state index contributed by atoms with van der Waals surface area (Å²) >= 11 is 0. The summed E-state index contributed by atoms with van der Waals surface area (Å²) in [6.45, 7) is 15.7. The van der Waals surface area contributed by atoms with Crippen LogP contribution in [0.4, 0.5) is 0 Å². The van der Waals surface area contributed by atoms with Crippen molar-refractivity contribution in [1.29, 1.82) is 0 Å². The van der Waals surface area contributed by atoms with Gasteiger partial charge in [0.2, 0.25) is 0 Å². The van der Waals surface area contributed by atoms with Crippen LogP contribution >= 0.6 is 0 Å². The average molecular weight is 371 g/mol. The van der Waals surface area contributed by atoms with Crippen molar-refractivity contribution in [2.24, 2.45) is 0 Å². The largest absolute Gasteiger partial charge is 0.299 e. The van der Waals surface area contributed by atoms with Crippen LogP contribution in [0.15, 0.2) is 0 Å². The molecule has 0 rings (SSSR count). The van der Waals surface area contributed by atoms with Crippen LogP contribution in [0.5, 0.6) is 0 Å². The minimum Gasteiger partial charge on any atom is -0.299 e. The highest BCUT2D eigenvalue weighted by Gasteiger charge is 2.48. The monoisotopic (exact) mass is 370 g/mol. The smallest absolute Gasteiger partial charge is 0.146 e. The summed E-state index contributed by atoms with van der Waals surface area (Å²) in [7, 11) is 9.22. The van der Waals surface area contributed by atoms with Crippen LogP contribution in [0, 0.1) is 0 Å². The molecule has 26 heavy (non-hydrogen) atoms. The number of hydrogen-bond donors (Lipinski definition) is 0. The van der Waals surface area contributed by atoms with Crippen molar-refractivity contribution in [1.82, 2.24) is 19.6 Å². The summed E-state index contributed by atoms with van der Waals surface area (Å²) in [5, 5.41) is 0. The van der Waals surface area contributed by atoms with Gasteiger partial charge in [-0.15, -0.1) is 0 Å². The highest BCUT2D eigenvalue weighted by atomic mass is 15.6. The fraction of sp³-hybridized carbons (Fsp3) is 1.00. The first-order valence-electron chi connectivity index (χ1n) is 11.2. The van der Waals surface area contributed by atoms with Gasteiger partial charge in [0.15, 0.2) is 0 Å². The van der Waals surface area contributed by atoms with Crippen LogP contribution in [-0.4, -0.2) is 85.8 Å². The Labute approximate surface area is 165 Å². The summed E-state index contributed by atoms with van der Waals surface area (Å²) in [4.78, 5) is 10.3. The van der Waals surface area contributed by atoms with E-state index in [2.05, 4.69) is 82.4 Å². The minimum absolute atomic E-state index is 0.0631. The molecule has 1 atom stereocenters. The Morgan fingerprint density at radius 2 is 1.00 bits per heavy atom. The number of nitrogens with zero attached hydrogens (tertiary/aromatic N) is 4. The lowest BCUT2D eigenvalue weighted by Gasteiger charge is -2.58. The van der Waals surface area contributed by atoms with E-state index in [0.29, 0.717) is 6.04 Å². The Kier molecular flexibility index (Phi) is 13.8. The van der Waals surface area contributed by atoms with Crippen LogP contribution in [0.25, 0.3) is 0 Å². The Morgan fingerprint density at radius 1 is 0.577 bits per heavy atom. The molecule has 0 aromatic carbocycles. The summed E-state index contributed by atoms with van der Waals surface area (Å²) in [5.41, 5.74) is 0. The van der Waals surface area contributed by atoms with Gasteiger partial charge in [-0.1, -0.05) is 73.1 Å². The van der Waals surface area contributed by atoms with E-state index in [1.807, 2.05) is 0 Å². The van der Waals surface area contributed by atoms with Gasteiger partial charge in [0.05, 0.1) is 6.04 Å². The first-order chi connectivity index (χ1) is 12.4. The fourth-order valence-corrected chi connectivity index (χ4v) is 4.38. The molecule has 4 heteroatoms. The molecule has 0 heterocycles. The van der Waals surface area contributed by atoms with E-state index < -0.39 is 0 Å². The quantitative estimate of drug-likeness (QED) is 0.291. The fourth-order valence-electron chi connectivity index (χ4n) is 4.38. The summed E-state index contributed by atoms with van der Waals surface area (Å²) in [6, 6.07) is 0.499. The molecule has 0 radical (unpaired) electrons. The molecule has 0 saturated carbocycles. The second-order valence-electron chi connectivity index (χ2n) is 7.88. The van der Waals surface area contributed by atoms with E-state index in [0.717, 1.165) is 26.2 Å². The minimum atomic E-state index is -0.0631.